The zero-order valence-electron chi connectivity index (χ0n) is 10.6. The molecule has 0 N–H and O–H groups in total. The maximum Gasteiger partial charge on any atom is 0.236 e. The summed E-state index contributed by atoms with van der Waals surface area (Å²) in [6.07, 6.45) is 0. The smallest absolute Gasteiger partial charge is 0.236 e. The highest BCUT2D eigenvalue weighted by Crippen LogP contribution is 2.26. The van der Waals surface area contributed by atoms with Crippen molar-refractivity contribution in [3.63, 3.8) is 0 Å². The molecule has 1 heterocycles. The van der Waals surface area contributed by atoms with Crippen LogP contribution in [-0.4, -0.2) is 49.5 Å². The van der Waals surface area contributed by atoms with Crippen LogP contribution in [-0.2, 0) is 11.3 Å². The Labute approximate surface area is 116 Å². The van der Waals surface area contributed by atoms with Gasteiger partial charge in [0.15, 0.2) is 0 Å². The summed E-state index contributed by atoms with van der Waals surface area (Å²) >= 11 is 3.47. The lowest BCUT2D eigenvalue weighted by atomic mass is 10.2. The number of hydrogen-bond donors (Lipinski definition) is 0. The van der Waals surface area contributed by atoms with Crippen LogP contribution in [0.3, 0.4) is 0 Å². The van der Waals surface area contributed by atoms with Crippen LogP contribution in [0, 0.1) is 0 Å². The summed E-state index contributed by atoms with van der Waals surface area (Å²) in [6, 6.07) is 6.02. The zero-order valence-corrected chi connectivity index (χ0v) is 12.2. The van der Waals surface area contributed by atoms with E-state index in [1.807, 2.05) is 25.2 Å². The van der Waals surface area contributed by atoms with Gasteiger partial charge in [-0.2, -0.15) is 0 Å². The van der Waals surface area contributed by atoms with Crippen molar-refractivity contribution in [2.24, 2.45) is 0 Å². The van der Waals surface area contributed by atoms with Crippen molar-refractivity contribution in [1.82, 2.24) is 9.80 Å². The first-order chi connectivity index (χ1) is 8.60. The van der Waals surface area contributed by atoms with E-state index in [1.54, 1.807) is 12.0 Å². The number of carbonyl (C=O) groups excluding carboxylic acids is 1. The van der Waals surface area contributed by atoms with Gasteiger partial charge < -0.3 is 9.64 Å². The Morgan fingerprint density at radius 2 is 2.17 bits per heavy atom. The van der Waals surface area contributed by atoms with E-state index in [2.05, 4.69) is 20.8 Å². The van der Waals surface area contributed by atoms with Gasteiger partial charge in [-0.25, -0.2) is 0 Å². The van der Waals surface area contributed by atoms with Gasteiger partial charge in [0.1, 0.15) is 5.75 Å². The minimum absolute atomic E-state index is 0.189. The fourth-order valence-electron chi connectivity index (χ4n) is 2.01. The van der Waals surface area contributed by atoms with Crippen molar-refractivity contribution in [3.8, 4) is 5.75 Å². The molecule has 1 aliphatic heterocycles. The van der Waals surface area contributed by atoms with Gasteiger partial charge in [-0.1, -0.05) is 6.07 Å². The average molecular weight is 313 g/mol. The molecule has 1 aliphatic rings. The fourth-order valence-corrected chi connectivity index (χ4v) is 2.60. The number of hydrogen-bond acceptors (Lipinski definition) is 3. The van der Waals surface area contributed by atoms with Crippen LogP contribution in [0.4, 0.5) is 0 Å². The summed E-state index contributed by atoms with van der Waals surface area (Å²) in [4.78, 5) is 15.6. The van der Waals surface area contributed by atoms with Gasteiger partial charge in [0.05, 0.1) is 18.1 Å². The standard InChI is InChI=1S/C13H17BrN2O2/c1-15-5-6-16(9-13(15)17)8-10-3-4-12(18-2)11(14)7-10/h3-4,7H,5-6,8-9H2,1-2H3. The molecule has 4 nitrogen and oxygen atoms in total. The van der Waals surface area contributed by atoms with E-state index < -0.39 is 0 Å². The SMILES string of the molecule is COc1ccc(CN2CCN(C)C(=O)C2)cc1Br. The largest absolute Gasteiger partial charge is 0.496 e. The molecule has 1 amide bonds. The number of carbonyl (C=O) groups is 1. The van der Waals surface area contributed by atoms with Gasteiger partial charge in [0.2, 0.25) is 5.91 Å². The van der Waals surface area contributed by atoms with E-state index in [-0.39, 0.29) is 5.91 Å². The Kier molecular flexibility index (Phi) is 4.24. The zero-order chi connectivity index (χ0) is 13.1. The van der Waals surface area contributed by atoms with Crippen molar-refractivity contribution >= 4 is 21.8 Å². The third kappa shape index (κ3) is 3.03. The van der Waals surface area contributed by atoms with Crippen LogP contribution in [0.25, 0.3) is 0 Å². The van der Waals surface area contributed by atoms with Gasteiger partial charge >= 0.3 is 0 Å². The Hall–Kier alpha value is -1.07. The van der Waals surface area contributed by atoms with Crippen molar-refractivity contribution in [2.75, 3.05) is 33.8 Å². The lowest BCUT2D eigenvalue weighted by molar-refractivity contribution is -0.134. The summed E-state index contributed by atoms with van der Waals surface area (Å²) in [5.41, 5.74) is 1.18. The van der Waals surface area contributed by atoms with E-state index in [4.69, 9.17) is 4.74 Å². The number of ether oxygens (including phenoxy) is 1. The van der Waals surface area contributed by atoms with Crippen LogP contribution in [0.2, 0.25) is 0 Å². The highest BCUT2D eigenvalue weighted by molar-refractivity contribution is 9.10. The number of methoxy groups -OCH3 is 1. The predicted octanol–water partition coefficient (Wildman–Crippen LogP) is 1.73. The van der Waals surface area contributed by atoms with E-state index in [9.17, 15) is 4.79 Å². The molecule has 0 radical (unpaired) electrons. The molecule has 98 valence electrons. The Balaban J connectivity index is 2.01. The summed E-state index contributed by atoms with van der Waals surface area (Å²) in [6.45, 7) is 3.02. The highest BCUT2D eigenvalue weighted by Gasteiger charge is 2.20. The molecule has 0 atom stereocenters. The van der Waals surface area contributed by atoms with Crippen molar-refractivity contribution in [2.45, 2.75) is 6.54 Å². The number of rotatable bonds is 3. The molecule has 18 heavy (non-hydrogen) atoms. The number of likely N-dealkylation sites (N-methyl/N-ethyl adjacent to an activating group) is 1. The molecular formula is C13H17BrN2O2. The van der Waals surface area contributed by atoms with Gasteiger partial charge in [-0.05, 0) is 33.6 Å². The molecular weight excluding hydrogens is 296 g/mol. The number of piperazine rings is 1. The predicted molar refractivity (Wildman–Crippen MR) is 73.6 cm³/mol. The third-order valence-corrected chi connectivity index (χ3v) is 3.78. The van der Waals surface area contributed by atoms with Gasteiger partial charge in [0, 0.05) is 26.7 Å². The third-order valence-electron chi connectivity index (χ3n) is 3.16. The molecule has 0 bridgehead atoms. The maximum absolute atomic E-state index is 11.6. The quantitative estimate of drug-likeness (QED) is 0.852. The molecule has 0 aliphatic carbocycles. The highest BCUT2D eigenvalue weighted by atomic mass is 79.9. The topological polar surface area (TPSA) is 32.8 Å². The summed E-state index contributed by atoms with van der Waals surface area (Å²) in [7, 11) is 3.50. The van der Waals surface area contributed by atoms with Crippen LogP contribution in [0.1, 0.15) is 5.56 Å². The fraction of sp³-hybridized carbons (Fsp3) is 0.462. The number of nitrogens with zero attached hydrogens (tertiary/aromatic N) is 2. The van der Waals surface area contributed by atoms with Crippen molar-refractivity contribution in [1.29, 1.82) is 0 Å². The molecule has 1 fully saturated rings. The van der Waals surface area contributed by atoms with Crippen molar-refractivity contribution in [3.05, 3.63) is 28.2 Å². The van der Waals surface area contributed by atoms with Crippen LogP contribution >= 0.6 is 15.9 Å². The summed E-state index contributed by atoms with van der Waals surface area (Å²) in [5, 5.41) is 0. The average Bonchev–Trinajstić information content (AvgIpc) is 2.34. The molecule has 1 aromatic carbocycles. The number of amides is 1. The molecule has 2 rings (SSSR count). The molecule has 1 aromatic rings. The molecule has 5 heteroatoms. The summed E-state index contributed by atoms with van der Waals surface area (Å²) in [5.74, 6) is 1.02. The Morgan fingerprint density at radius 3 is 2.78 bits per heavy atom. The number of halogens is 1. The second kappa shape index (κ2) is 5.71. The lowest BCUT2D eigenvalue weighted by Crippen LogP contribution is -2.47. The Bertz CT molecular complexity index is 451. The molecule has 0 spiro atoms. The van der Waals surface area contributed by atoms with Gasteiger partial charge in [0.25, 0.3) is 0 Å². The second-order valence-electron chi connectivity index (χ2n) is 4.49. The van der Waals surface area contributed by atoms with E-state index in [0.717, 1.165) is 29.9 Å². The monoisotopic (exact) mass is 312 g/mol. The maximum atomic E-state index is 11.6. The lowest BCUT2D eigenvalue weighted by Gasteiger charge is -2.31. The van der Waals surface area contributed by atoms with Crippen LogP contribution < -0.4 is 4.74 Å². The van der Waals surface area contributed by atoms with E-state index >= 15 is 0 Å². The first-order valence-electron chi connectivity index (χ1n) is 5.89. The molecule has 0 saturated carbocycles. The molecule has 0 aromatic heterocycles. The minimum Gasteiger partial charge on any atom is -0.496 e. The first kappa shape index (κ1) is 13.4. The van der Waals surface area contributed by atoms with Crippen LogP contribution in [0.15, 0.2) is 22.7 Å². The van der Waals surface area contributed by atoms with Crippen molar-refractivity contribution < 1.29 is 9.53 Å². The molecule has 0 unspecified atom stereocenters. The van der Waals surface area contributed by atoms with Gasteiger partial charge in [-0.15, -0.1) is 0 Å². The van der Waals surface area contributed by atoms with E-state index in [1.165, 1.54) is 5.56 Å². The normalized spacial score (nSPS) is 17.1. The van der Waals surface area contributed by atoms with Crippen LogP contribution in [0.5, 0.6) is 5.75 Å². The van der Waals surface area contributed by atoms with Gasteiger partial charge in [-0.3, -0.25) is 9.69 Å². The van der Waals surface area contributed by atoms with E-state index in [0.29, 0.717) is 6.54 Å². The summed E-state index contributed by atoms with van der Waals surface area (Å²) < 4.78 is 6.15. The first-order valence-corrected chi connectivity index (χ1v) is 6.68. The second-order valence-corrected chi connectivity index (χ2v) is 5.35. The minimum atomic E-state index is 0.189. The number of benzene rings is 1. The Morgan fingerprint density at radius 1 is 1.39 bits per heavy atom. The molecule has 1 saturated heterocycles.